The second kappa shape index (κ2) is 4.29. The van der Waals surface area contributed by atoms with E-state index < -0.39 is 0 Å². The number of ether oxygens (including phenoxy) is 1. The van der Waals surface area contributed by atoms with Crippen molar-refractivity contribution in [3.8, 4) is 0 Å². The number of nitrogens with one attached hydrogen (secondary N) is 1. The Morgan fingerprint density at radius 3 is 3.13 bits per heavy atom. The molecule has 1 aliphatic rings. The number of hydrogen-bond donors (Lipinski definition) is 1. The summed E-state index contributed by atoms with van der Waals surface area (Å²) in [7, 11) is 0. The zero-order valence-corrected chi connectivity index (χ0v) is 9.42. The SMILES string of the molecule is Cc1ccncc1CNC1(C)CCOC1. The van der Waals surface area contributed by atoms with E-state index in [4.69, 9.17) is 4.74 Å². The summed E-state index contributed by atoms with van der Waals surface area (Å²) in [5.41, 5.74) is 2.70. The number of rotatable bonds is 3. The molecular formula is C12H18N2O. The maximum Gasteiger partial charge on any atom is 0.0646 e. The number of aryl methyl sites for hydroxylation is 1. The van der Waals surface area contributed by atoms with E-state index in [0.717, 1.165) is 26.2 Å². The summed E-state index contributed by atoms with van der Waals surface area (Å²) in [6.07, 6.45) is 4.85. The van der Waals surface area contributed by atoms with Crippen LogP contribution in [0.3, 0.4) is 0 Å². The Morgan fingerprint density at radius 2 is 2.47 bits per heavy atom. The first-order chi connectivity index (χ1) is 7.20. The molecule has 2 heterocycles. The Balaban J connectivity index is 1.95. The molecular weight excluding hydrogens is 188 g/mol. The Morgan fingerprint density at radius 1 is 1.60 bits per heavy atom. The lowest BCUT2D eigenvalue weighted by molar-refractivity contribution is 0.171. The van der Waals surface area contributed by atoms with Gasteiger partial charge in [0.1, 0.15) is 0 Å². The number of nitrogens with zero attached hydrogens (tertiary/aromatic N) is 1. The molecule has 82 valence electrons. The number of aromatic nitrogens is 1. The van der Waals surface area contributed by atoms with Crippen LogP contribution in [0.25, 0.3) is 0 Å². The van der Waals surface area contributed by atoms with Gasteiger partial charge in [-0.2, -0.15) is 0 Å². The topological polar surface area (TPSA) is 34.2 Å². The quantitative estimate of drug-likeness (QED) is 0.816. The zero-order valence-electron chi connectivity index (χ0n) is 9.42. The molecule has 1 saturated heterocycles. The zero-order chi connectivity index (χ0) is 10.7. The van der Waals surface area contributed by atoms with Gasteiger partial charge in [0, 0.05) is 31.1 Å². The fraction of sp³-hybridized carbons (Fsp3) is 0.583. The molecule has 1 aliphatic heterocycles. The molecule has 1 atom stereocenters. The van der Waals surface area contributed by atoms with Crippen LogP contribution in [-0.4, -0.2) is 23.7 Å². The lowest BCUT2D eigenvalue weighted by Gasteiger charge is -2.23. The summed E-state index contributed by atoms with van der Waals surface area (Å²) < 4.78 is 5.40. The average Bonchev–Trinajstić information content (AvgIpc) is 2.65. The standard InChI is InChI=1S/C12H18N2O/c1-10-3-5-13-7-11(10)8-14-12(2)4-6-15-9-12/h3,5,7,14H,4,6,8-9H2,1-2H3. The first-order valence-corrected chi connectivity index (χ1v) is 5.42. The minimum absolute atomic E-state index is 0.141. The molecule has 3 heteroatoms. The van der Waals surface area contributed by atoms with Gasteiger partial charge in [-0.15, -0.1) is 0 Å². The Kier molecular flexibility index (Phi) is 3.03. The van der Waals surface area contributed by atoms with Crippen molar-refractivity contribution in [3.05, 3.63) is 29.6 Å². The van der Waals surface area contributed by atoms with Gasteiger partial charge < -0.3 is 10.1 Å². The van der Waals surface area contributed by atoms with Gasteiger partial charge in [0.05, 0.1) is 6.61 Å². The van der Waals surface area contributed by atoms with Crippen LogP contribution in [0, 0.1) is 6.92 Å². The van der Waals surface area contributed by atoms with E-state index in [1.54, 1.807) is 0 Å². The molecule has 0 bridgehead atoms. The van der Waals surface area contributed by atoms with Gasteiger partial charge in [-0.1, -0.05) is 0 Å². The predicted molar refractivity (Wildman–Crippen MR) is 59.7 cm³/mol. The lowest BCUT2D eigenvalue weighted by atomic mass is 10.0. The van der Waals surface area contributed by atoms with Crippen molar-refractivity contribution in [3.63, 3.8) is 0 Å². The van der Waals surface area contributed by atoms with E-state index in [1.165, 1.54) is 11.1 Å². The van der Waals surface area contributed by atoms with Crippen LogP contribution in [0.15, 0.2) is 18.5 Å². The van der Waals surface area contributed by atoms with Crippen LogP contribution < -0.4 is 5.32 Å². The maximum absolute atomic E-state index is 5.40. The lowest BCUT2D eigenvalue weighted by Crippen LogP contribution is -2.42. The van der Waals surface area contributed by atoms with E-state index in [1.807, 2.05) is 18.5 Å². The molecule has 0 amide bonds. The van der Waals surface area contributed by atoms with E-state index >= 15 is 0 Å². The summed E-state index contributed by atoms with van der Waals surface area (Å²) in [6.45, 7) is 6.89. The third kappa shape index (κ3) is 2.55. The molecule has 1 fully saturated rings. The van der Waals surface area contributed by atoms with Gasteiger partial charge >= 0.3 is 0 Å². The fourth-order valence-corrected chi connectivity index (χ4v) is 1.80. The molecule has 0 spiro atoms. The molecule has 2 rings (SSSR count). The van der Waals surface area contributed by atoms with Crippen LogP contribution in [0.1, 0.15) is 24.5 Å². The Hall–Kier alpha value is -0.930. The highest BCUT2D eigenvalue weighted by Gasteiger charge is 2.28. The van der Waals surface area contributed by atoms with Crippen molar-refractivity contribution in [2.75, 3.05) is 13.2 Å². The van der Waals surface area contributed by atoms with E-state index in [2.05, 4.69) is 24.1 Å². The Bertz CT molecular complexity index is 332. The summed E-state index contributed by atoms with van der Waals surface area (Å²) >= 11 is 0. The largest absolute Gasteiger partial charge is 0.379 e. The van der Waals surface area contributed by atoms with Crippen LogP contribution in [-0.2, 0) is 11.3 Å². The van der Waals surface area contributed by atoms with Crippen LogP contribution in [0.4, 0.5) is 0 Å². The first-order valence-electron chi connectivity index (χ1n) is 5.42. The van der Waals surface area contributed by atoms with Gasteiger partial charge in [-0.25, -0.2) is 0 Å². The molecule has 1 N–H and O–H groups in total. The van der Waals surface area contributed by atoms with Crippen molar-refractivity contribution in [2.45, 2.75) is 32.4 Å². The molecule has 1 unspecified atom stereocenters. The molecule has 0 aromatic carbocycles. The molecule has 1 aromatic rings. The second-order valence-electron chi connectivity index (χ2n) is 4.52. The van der Waals surface area contributed by atoms with E-state index in [9.17, 15) is 0 Å². The van der Waals surface area contributed by atoms with Crippen molar-refractivity contribution in [2.24, 2.45) is 0 Å². The highest BCUT2D eigenvalue weighted by atomic mass is 16.5. The highest BCUT2D eigenvalue weighted by Crippen LogP contribution is 2.18. The van der Waals surface area contributed by atoms with Crippen LogP contribution in [0.5, 0.6) is 0 Å². The average molecular weight is 206 g/mol. The Labute approximate surface area is 90.9 Å². The normalized spacial score (nSPS) is 25.7. The third-order valence-corrected chi connectivity index (χ3v) is 3.07. The smallest absolute Gasteiger partial charge is 0.0646 e. The minimum atomic E-state index is 0.141. The van der Waals surface area contributed by atoms with Crippen molar-refractivity contribution in [1.82, 2.24) is 10.3 Å². The summed E-state index contributed by atoms with van der Waals surface area (Å²) in [4.78, 5) is 4.14. The van der Waals surface area contributed by atoms with Gasteiger partial charge in [0.2, 0.25) is 0 Å². The van der Waals surface area contributed by atoms with Crippen molar-refractivity contribution < 1.29 is 4.74 Å². The van der Waals surface area contributed by atoms with Gasteiger partial charge in [0.25, 0.3) is 0 Å². The monoisotopic (exact) mass is 206 g/mol. The fourth-order valence-electron chi connectivity index (χ4n) is 1.80. The summed E-state index contributed by atoms with van der Waals surface area (Å²) in [6, 6.07) is 2.05. The van der Waals surface area contributed by atoms with Gasteiger partial charge in [0.15, 0.2) is 0 Å². The highest BCUT2D eigenvalue weighted by molar-refractivity contribution is 5.21. The van der Waals surface area contributed by atoms with E-state index in [-0.39, 0.29) is 5.54 Å². The number of hydrogen-bond acceptors (Lipinski definition) is 3. The summed E-state index contributed by atoms with van der Waals surface area (Å²) in [5.74, 6) is 0. The van der Waals surface area contributed by atoms with Crippen LogP contribution in [0.2, 0.25) is 0 Å². The van der Waals surface area contributed by atoms with Crippen LogP contribution >= 0.6 is 0 Å². The summed E-state index contributed by atoms with van der Waals surface area (Å²) in [5, 5.41) is 3.55. The number of pyridine rings is 1. The third-order valence-electron chi connectivity index (χ3n) is 3.07. The minimum Gasteiger partial charge on any atom is -0.379 e. The van der Waals surface area contributed by atoms with Crippen molar-refractivity contribution >= 4 is 0 Å². The second-order valence-corrected chi connectivity index (χ2v) is 4.52. The maximum atomic E-state index is 5.40. The van der Waals surface area contributed by atoms with Gasteiger partial charge in [-0.05, 0) is 37.5 Å². The van der Waals surface area contributed by atoms with E-state index in [0.29, 0.717) is 0 Å². The molecule has 0 aliphatic carbocycles. The van der Waals surface area contributed by atoms with Gasteiger partial charge in [-0.3, -0.25) is 4.98 Å². The molecule has 0 saturated carbocycles. The molecule has 1 aromatic heterocycles. The molecule has 0 radical (unpaired) electrons. The predicted octanol–water partition coefficient (Wildman–Crippen LogP) is 1.66. The molecule has 3 nitrogen and oxygen atoms in total. The first kappa shape index (κ1) is 10.6. The van der Waals surface area contributed by atoms with Crippen molar-refractivity contribution in [1.29, 1.82) is 0 Å². The molecule has 15 heavy (non-hydrogen) atoms.